The van der Waals surface area contributed by atoms with Gasteiger partial charge in [0.1, 0.15) is 83.4 Å². The van der Waals surface area contributed by atoms with Crippen molar-refractivity contribution in [2.45, 2.75) is 150 Å². The molecule has 2 saturated heterocycles. The number of likely N-dealkylation sites (N-methyl/N-ethyl adjacent to an activating group) is 1. The zero-order valence-electron chi connectivity index (χ0n) is 54.4. The Morgan fingerprint density at radius 2 is 1.32 bits per heavy atom. The van der Waals surface area contributed by atoms with E-state index in [1.807, 2.05) is 13.8 Å². The number of hydrogen-bond donors (Lipinski definition) is 20. The molecule has 12 rings (SSSR count). The molecule has 0 spiro atoms. The Bertz CT molecular complexity index is 4080. The molecular formula is C66H76Cl2N10O23. The van der Waals surface area contributed by atoms with Crippen molar-refractivity contribution in [3.8, 4) is 57.1 Å². The molecule has 22 N–H and O–H groups in total. The smallest absolute Gasteiger partial charge is 0.330 e. The summed E-state index contributed by atoms with van der Waals surface area (Å²) in [6.07, 6.45) is -16.2. The van der Waals surface area contributed by atoms with Gasteiger partial charge >= 0.3 is 5.97 Å². The van der Waals surface area contributed by atoms with Gasteiger partial charge < -0.3 is 118 Å². The number of hydrogen-bond acceptors (Lipinski definition) is 25. The Hall–Kier alpha value is -9.20. The van der Waals surface area contributed by atoms with Gasteiger partial charge in [0.05, 0.1) is 65.0 Å². The normalized spacial score (nSPS) is 29.4. The zero-order chi connectivity index (χ0) is 73.5. The van der Waals surface area contributed by atoms with Gasteiger partial charge in [-0.05, 0) is 117 Å². The predicted molar refractivity (Wildman–Crippen MR) is 351 cm³/mol. The fourth-order valence-electron chi connectivity index (χ4n) is 13.0. The molecule has 101 heavy (non-hydrogen) atoms. The van der Waals surface area contributed by atoms with E-state index in [0.29, 0.717) is 0 Å². The number of carbonyl (C=O) groups excluding carboxylic acids is 7. The lowest BCUT2D eigenvalue weighted by atomic mass is 9.76. The number of phenolic OH excluding ortho intramolecular Hbond substituents is 3. The van der Waals surface area contributed by atoms with Crippen LogP contribution in [-0.2, 0) is 47.8 Å². The summed E-state index contributed by atoms with van der Waals surface area (Å²) in [5.74, 6) is -11.3. The highest BCUT2D eigenvalue weighted by Crippen LogP contribution is 2.51. The number of nitrogens with two attached hydrogens (primary N) is 2. The average molecular weight is 1450 g/mol. The van der Waals surface area contributed by atoms with Crippen LogP contribution in [0.4, 0.5) is 0 Å². The second-order valence-corrected chi connectivity index (χ2v) is 26.7. The van der Waals surface area contributed by atoms with Gasteiger partial charge in [0.25, 0.3) is 0 Å². The van der Waals surface area contributed by atoms with Crippen LogP contribution >= 0.6 is 23.2 Å². The highest BCUT2D eigenvalue weighted by molar-refractivity contribution is 6.32. The molecule has 2 unspecified atom stereocenters. The average Bonchev–Trinajstić information content (AvgIpc) is 0.763. The second-order valence-electron chi connectivity index (χ2n) is 25.9. The molecule has 7 aliphatic heterocycles. The molecule has 542 valence electrons. The quantitative estimate of drug-likeness (QED) is 0.0540. The lowest BCUT2D eigenvalue weighted by molar-refractivity contribution is -0.294. The first-order valence-electron chi connectivity index (χ1n) is 31.7. The summed E-state index contributed by atoms with van der Waals surface area (Å²) in [5, 5.41) is 131. The van der Waals surface area contributed by atoms with Crippen LogP contribution in [0.25, 0.3) is 11.1 Å². The fraction of sp³-hybridized carbons (Fsp3) is 0.424. The number of phenols is 3. The van der Waals surface area contributed by atoms with Gasteiger partial charge in [-0.2, -0.15) is 0 Å². The van der Waals surface area contributed by atoms with Crippen molar-refractivity contribution in [3.63, 3.8) is 0 Å². The maximum Gasteiger partial charge on any atom is 0.330 e. The minimum Gasteiger partial charge on any atom is -0.508 e. The third-order valence-corrected chi connectivity index (χ3v) is 18.9. The number of amides is 7. The van der Waals surface area contributed by atoms with Crippen molar-refractivity contribution in [3.05, 3.63) is 117 Å². The van der Waals surface area contributed by atoms with Gasteiger partial charge in [-0.3, -0.25) is 44.8 Å². The summed E-state index contributed by atoms with van der Waals surface area (Å²) in [4.78, 5) is 117. The van der Waals surface area contributed by atoms with Crippen molar-refractivity contribution in [1.29, 1.82) is 0 Å². The van der Waals surface area contributed by atoms with E-state index in [-0.39, 0.29) is 52.0 Å². The number of aliphatic hydroxyl groups excluding tert-OH is 6. The summed E-state index contributed by atoms with van der Waals surface area (Å²) >= 11 is 14.1. The lowest BCUT2D eigenvalue weighted by Gasteiger charge is -2.51. The number of hydrazine groups is 1. The minimum atomic E-state index is -2.34. The van der Waals surface area contributed by atoms with Crippen molar-refractivity contribution in [1.82, 2.24) is 42.6 Å². The molecule has 35 heteroatoms. The van der Waals surface area contributed by atoms with Gasteiger partial charge in [-0.1, -0.05) is 55.2 Å². The van der Waals surface area contributed by atoms with Crippen LogP contribution in [0.15, 0.2) is 78.9 Å². The van der Waals surface area contributed by atoms with E-state index in [1.54, 1.807) is 6.92 Å². The number of carbonyl (C=O) groups is 8. The maximum absolute atomic E-state index is 16.0. The number of aliphatic carboxylic acids is 1. The fourth-order valence-corrected chi connectivity index (χ4v) is 13.4. The van der Waals surface area contributed by atoms with Gasteiger partial charge in [-0.25, -0.2) is 4.79 Å². The highest BCUT2D eigenvalue weighted by atomic mass is 35.5. The first-order valence-corrected chi connectivity index (χ1v) is 32.5. The van der Waals surface area contributed by atoms with Crippen LogP contribution in [0.2, 0.25) is 10.0 Å². The lowest BCUT2D eigenvalue weighted by Crippen LogP contribution is -2.68. The van der Waals surface area contributed by atoms with Crippen LogP contribution in [0.1, 0.15) is 105 Å². The molecule has 7 amide bonds. The first kappa shape index (κ1) is 74.5. The second kappa shape index (κ2) is 30.2. The summed E-state index contributed by atoms with van der Waals surface area (Å²) in [6, 6.07) is -0.499. The largest absolute Gasteiger partial charge is 0.508 e. The van der Waals surface area contributed by atoms with E-state index < -0.39 is 231 Å². The summed E-state index contributed by atoms with van der Waals surface area (Å²) in [7, 11) is 1.48. The Morgan fingerprint density at radius 1 is 0.713 bits per heavy atom. The molecule has 7 aliphatic rings. The maximum atomic E-state index is 16.0. The van der Waals surface area contributed by atoms with Crippen molar-refractivity contribution in [2.24, 2.45) is 23.4 Å². The van der Waals surface area contributed by atoms with E-state index in [1.165, 1.54) is 26.1 Å². The molecular weight excluding hydrogens is 1370 g/mol. The van der Waals surface area contributed by atoms with E-state index in [0.717, 1.165) is 66.7 Å². The summed E-state index contributed by atoms with van der Waals surface area (Å²) < 4.78 is 32.7. The van der Waals surface area contributed by atoms with E-state index in [2.05, 4.69) is 42.6 Å². The topological polar surface area (TPSA) is 533 Å². The number of aliphatic hydroxyl groups is 6. The molecule has 5 aromatic carbocycles. The molecule has 2 fully saturated rings. The highest BCUT2D eigenvalue weighted by Gasteiger charge is 2.55. The van der Waals surface area contributed by atoms with Crippen LogP contribution < -0.4 is 68.4 Å². The number of nitrogens with one attached hydrogen (secondary N) is 8. The molecule has 7 heterocycles. The van der Waals surface area contributed by atoms with Gasteiger partial charge in [0, 0.05) is 22.8 Å². The van der Waals surface area contributed by atoms with Crippen LogP contribution in [0.3, 0.4) is 0 Å². The standard InChI is InChI=1S/C66H76Cl2N10O23/c1-23(2)12-34(71-5)58(89)76-50-52(84)26-7-10-38(32(67)14-26)98-40-16-28-17-41(56(40)101-65-46(55(87)54(86)43(22-79)100-65)42-21-66(4,78-70)57(88)24(3)97-42)99-39-11-8-27(15-33(39)68)53(85)51-63(94)75-49(64(95)96)31-18-29(80)19-37(82)45(31)30-13-25(6-9-36(30)81)47(60(91)77-51)74-61(92)48(28)73-59(90)35(20-44(69)83)72-62(50)93/h6-11,13-19,23-24,34-35,42-43,46-55,57,65,71,78-82,84-88H,12,20-22,70H2,1-5H3,(H2,69,83)(H,72,93)(H,73,90)(H,74,92)(H,75,94)(H,76,89)(H,77,91)(H,95,96)/t24-,34+,35-,42?,43+,46+,47+,48+,49-,50?,51-,52+,53+,54+,55+,57+,65-,66-/m0/s1. The molecule has 0 aliphatic carbocycles. The van der Waals surface area contributed by atoms with Crippen molar-refractivity contribution in [2.75, 3.05) is 13.7 Å². The number of carboxylic acid groups (broad SMARTS) is 1. The number of ether oxygens (including phenoxy) is 5. The van der Waals surface area contributed by atoms with Crippen LogP contribution in [0.5, 0.6) is 46.0 Å². The van der Waals surface area contributed by atoms with Crippen molar-refractivity contribution < 1.29 is 113 Å². The van der Waals surface area contributed by atoms with Gasteiger partial charge in [0.15, 0.2) is 17.5 Å². The number of primary amides is 1. The van der Waals surface area contributed by atoms with Gasteiger partial charge in [-0.15, -0.1) is 0 Å². The molecule has 0 radical (unpaired) electrons. The molecule has 5 aromatic rings. The summed E-state index contributed by atoms with van der Waals surface area (Å²) in [6.45, 7) is 5.76. The van der Waals surface area contributed by atoms with Crippen LogP contribution in [0, 0.1) is 11.8 Å². The summed E-state index contributed by atoms with van der Waals surface area (Å²) in [5.41, 5.74) is 4.18. The zero-order valence-corrected chi connectivity index (χ0v) is 55.9. The Labute approximate surface area is 584 Å². The molecule has 18 atom stereocenters. The monoisotopic (exact) mass is 1450 g/mol. The molecule has 11 bridgehead atoms. The minimum absolute atomic E-state index is 0.0952. The first-order chi connectivity index (χ1) is 47.7. The molecule has 0 saturated carbocycles. The Balaban J connectivity index is 1.25. The third-order valence-electron chi connectivity index (χ3n) is 18.3. The number of rotatable bonds is 13. The van der Waals surface area contributed by atoms with E-state index >= 15 is 14.4 Å². The Morgan fingerprint density at radius 3 is 1.90 bits per heavy atom. The van der Waals surface area contributed by atoms with E-state index in [9.17, 15) is 75.0 Å². The van der Waals surface area contributed by atoms with Gasteiger partial charge in [0.2, 0.25) is 53.4 Å². The number of fused-ring (bicyclic) bond motifs is 15. The van der Waals surface area contributed by atoms with E-state index in [4.69, 9.17) is 58.5 Å². The Kier molecular flexibility index (Phi) is 22.2. The number of halogens is 2. The molecule has 33 nitrogen and oxygen atoms in total. The van der Waals surface area contributed by atoms with Crippen LogP contribution in [-0.4, -0.2) is 185 Å². The third kappa shape index (κ3) is 15.4. The predicted octanol–water partition coefficient (Wildman–Crippen LogP) is -0.116. The van der Waals surface area contributed by atoms with Crippen molar-refractivity contribution >= 4 is 70.5 Å². The SMILES string of the molecule is CN[C@H](CC(C)C)C(=O)NC1C(=O)N[C@@H](CC(N)=O)C(=O)N[C@H]2C(=O)N[C@H]3C(=O)N[C@H](C(=O)N[C@H](C(=O)O)c4cc(O)cc(O)c4-c4cc3ccc4O)[C@H](O)c3ccc(c(Cl)c3)Oc3cc2cc(c3O[C@@H]2O[C@H](CO)[C@@H](O)[C@H](O)[C@H]2C2C[C@](C)(NN)[C@H](O)[C@H](C)O2)Oc2ccc(cc2Cl)[C@H]1O. The number of benzene rings is 5. The number of carboxylic acids is 1. The number of aromatic hydroxyl groups is 3. The molecule has 0 aromatic heterocycles.